The topological polar surface area (TPSA) is 62.3 Å². The van der Waals surface area contributed by atoms with Crippen molar-refractivity contribution in [3.05, 3.63) is 42.0 Å². The molecule has 1 aromatic carbocycles. The second-order valence-electron chi connectivity index (χ2n) is 8.51. The van der Waals surface area contributed by atoms with Gasteiger partial charge in [-0.15, -0.1) is 0 Å². The number of hydrogen-bond donors (Lipinski definition) is 0. The van der Waals surface area contributed by atoms with Crippen LogP contribution >= 0.6 is 0 Å². The van der Waals surface area contributed by atoms with Gasteiger partial charge < -0.3 is 24.2 Å². The molecule has 2 amide bonds. The average Bonchev–Trinajstić information content (AvgIpc) is 3.34. The monoisotopic (exact) mass is 399 g/mol. The number of likely N-dealkylation sites (N-methyl/N-ethyl adjacent to an activating group) is 2. The Labute approximate surface area is 171 Å². The molecular formula is C22H29N3O4. The highest BCUT2D eigenvalue weighted by Crippen LogP contribution is 2.52. The third-order valence-electron chi connectivity index (χ3n) is 6.23. The summed E-state index contributed by atoms with van der Waals surface area (Å²) in [5, 5.41) is 0. The largest absolute Gasteiger partial charge is 0.497 e. The third-order valence-corrected chi connectivity index (χ3v) is 6.23. The molecule has 0 unspecified atom stereocenters. The first-order chi connectivity index (χ1) is 13.8. The summed E-state index contributed by atoms with van der Waals surface area (Å²) >= 11 is 0. The Balaban J connectivity index is 1.52. The zero-order valence-electron chi connectivity index (χ0n) is 17.5. The summed E-state index contributed by atoms with van der Waals surface area (Å²) in [6.07, 6.45) is 3.65. The maximum atomic E-state index is 13.3. The predicted molar refractivity (Wildman–Crippen MR) is 108 cm³/mol. The van der Waals surface area contributed by atoms with Gasteiger partial charge in [0, 0.05) is 26.7 Å². The second-order valence-corrected chi connectivity index (χ2v) is 8.51. The lowest BCUT2D eigenvalue weighted by Gasteiger charge is -2.28. The molecule has 2 bridgehead atoms. The molecule has 0 saturated carbocycles. The van der Waals surface area contributed by atoms with Crippen molar-refractivity contribution in [1.82, 2.24) is 14.7 Å². The number of ether oxygens (including phenoxy) is 2. The highest BCUT2D eigenvalue weighted by atomic mass is 16.5. The molecule has 0 radical (unpaired) electrons. The fraction of sp³-hybridized carbons (Fsp3) is 0.545. The number of carbonyl (C=O) groups is 2. The van der Waals surface area contributed by atoms with E-state index in [1.807, 2.05) is 67.4 Å². The first kappa shape index (κ1) is 19.9. The minimum absolute atomic E-state index is 0.000899. The maximum absolute atomic E-state index is 13.3. The fourth-order valence-corrected chi connectivity index (χ4v) is 4.70. The van der Waals surface area contributed by atoms with Gasteiger partial charge in [-0.1, -0.05) is 24.3 Å². The van der Waals surface area contributed by atoms with Gasteiger partial charge in [0.2, 0.25) is 11.8 Å². The molecule has 1 spiro atoms. The van der Waals surface area contributed by atoms with E-state index in [1.54, 1.807) is 12.0 Å². The Morgan fingerprint density at radius 1 is 1.31 bits per heavy atom. The van der Waals surface area contributed by atoms with Gasteiger partial charge in [0.05, 0.1) is 31.6 Å². The molecule has 7 nitrogen and oxygen atoms in total. The van der Waals surface area contributed by atoms with Crippen LogP contribution in [-0.2, 0) is 20.9 Å². The summed E-state index contributed by atoms with van der Waals surface area (Å²) in [5.41, 5.74) is 0.321. The van der Waals surface area contributed by atoms with Crippen molar-refractivity contribution in [1.29, 1.82) is 0 Å². The van der Waals surface area contributed by atoms with Crippen molar-refractivity contribution < 1.29 is 19.1 Å². The van der Waals surface area contributed by atoms with Crippen LogP contribution in [0.25, 0.3) is 0 Å². The fourth-order valence-electron chi connectivity index (χ4n) is 4.70. The summed E-state index contributed by atoms with van der Waals surface area (Å²) in [4.78, 5) is 32.1. The van der Waals surface area contributed by atoms with E-state index in [9.17, 15) is 9.59 Å². The van der Waals surface area contributed by atoms with Crippen LogP contribution in [-0.4, -0.2) is 86.1 Å². The number of likely N-dealkylation sites (tertiary alicyclic amines) is 1. The number of amides is 2. The summed E-state index contributed by atoms with van der Waals surface area (Å²) in [6.45, 7) is 2.36. The zero-order valence-corrected chi connectivity index (χ0v) is 17.5. The van der Waals surface area contributed by atoms with E-state index < -0.39 is 17.4 Å². The lowest BCUT2D eigenvalue weighted by Crippen LogP contribution is -2.46. The van der Waals surface area contributed by atoms with E-state index in [4.69, 9.17) is 9.47 Å². The number of methoxy groups -OCH3 is 1. The third kappa shape index (κ3) is 3.42. The van der Waals surface area contributed by atoms with E-state index in [0.29, 0.717) is 19.6 Å². The molecule has 0 aliphatic carbocycles. The van der Waals surface area contributed by atoms with Crippen molar-refractivity contribution in [3.63, 3.8) is 0 Å². The van der Waals surface area contributed by atoms with E-state index in [-0.39, 0.29) is 17.9 Å². The van der Waals surface area contributed by atoms with Crippen LogP contribution in [0.4, 0.5) is 0 Å². The van der Waals surface area contributed by atoms with Crippen LogP contribution in [0.1, 0.15) is 5.56 Å². The SMILES string of the molecule is COc1cccc(CN2C[C@]34C=C[C@H](O3)[C@@H](C(=O)N(C)CCN(C)C)[C@H]4C2=O)c1. The molecular weight excluding hydrogens is 370 g/mol. The maximum Gasteiger partial charge on any atom is 0.230 e. The Hall–Kier alpha value is -2.38. The molecule has 3 aliphatic rings. The van der Waals surface area contributed by atoms with Gasteiger partial charge >= 0.3 is 0 Å². The number of benzene rings is 1. The minimum atomic E-state index is -0.677. The second kappa shape index (κ2) is 7.46. The molecule has 2 fully saturated rings. The van der Waals surface area contributed by atoms with E-state index in [0.717, 1.165) is 17.9 Å². The number of fused-ring (bicyclic) bond motifs is 1. The summed E-state index contributed by atoms with van der Waals surface area (Å²) in [5.74, 6) is -0.142. The van der Waals surface area contributed by atoms with Crippen LogP contribution in [0.2, 0.25) is 0 Å². The van der Waals surface area contributed by atoms with Gasteiger partial charge in [0.1, 0.15) is 11.4 Å². The number of nitrogens with zero attached hydrogens (tertiary/aromatic N) is 3. The van der Waals surface area contributed by atoms with Crippen molar-refractivity contribution in [2.24, 2.45) is 11.8 Å². The van der Waals surface area contributed by atoms with Gasteiger partial charge in [0.25, 0.3) is 0 Å². The van der Waals surface area contributed by atoms with Crippen molar-refractivity contribution in [2.45, 2.75) is 18.2 Å². The summed E-state index contributed by atoms with van der Waals surface area (Å²) < 4.78 is 11.5. The normalized spacial score (nSPS) is 29.6. The first-order valence-corrected chi connectivity index (χ1v) is 10.0. The van der Waals surface area contributed by atoms with Crippen molar-refractivity contribution in [2.75, 3.05) is 47.9 Å². The smallest absolute Gasteiger partial charge is 0.230 e. The van der Waals surface area contributed by atoms with Crippen LogP contribution in [0.15, 0.2) is 36.4 Å². The van der Waals surface area contributed by atoms with Crippen LogP contribution in [0.3, 0.4) is 0 Å². The van der Waals surface area contributed by atoms with E-state index in [2.05, 4.69) is 0 Å². The first-order valence-electron chi connectivity index (χ1n) is 10.0. The predicted octanol–water partition coefficient (Wildman–Crippen LogP) is 0.997. The molecule has 3 aliphatic heterocycles. The molecule has 4 rings (SSSR count). The van der Waals surface area contributed by atoms with Gasteiger partial charge in [0.15, 0.2) is 0 Å². The number of rotatable bonds is 7. The van der Waals surface area contributed by atoms with Gasteiger partial charge in [-0.3, -0.25) is 9.59 Å². The number of carbonyl (C=O) groups excluding carboxylic acids is 2. The quantitative estimate of drug-likeness (QED) is 0.640. The average molecular weight is 399 g/mol. The van der Waals surface area contributed by atoms with Crippen LogP contribution in [0.5, 0.6) is 5.75 Å². The van der Waals surface area contributed by atoms with Gasteiger partial charge in [-0.05, 0) is 31.8 Å². The minimum Gasteiger partial charge on any atom is -0.497 e. The lowest BCUT2D eigenvalue weighted by atomic mass is 9.76. The molecule has 4 atom stereocenters. The molecule has 3 heterocycles. The van der Waals surface area contributed by atoms with Crippen molar-refractivity contribution in [3.8, 4) is 5.75 Å². The number of hydrogen-bond acceptors (Lipinski definition) is 5. The molecule has 0 N–H and O–H groups in total. The zero-order chi connectivity index (χ0) is 20.8. The molecule has 2 saturated heterocycles. The van der Waals surface area contributed by atoms with Crippen molar-refractivity contribution >= 4 is 11.8 Å². The van der Waals surface area contributed by atoms with Crippen LogP contribution < -0.4 is 4.74 Å². The van der Waals surface area contributed by atoms with Gasteiger partial charge in [-0.25, -0.2) is 0 Å². The standard InChI is InChI=1S/C22H29N3O4/c1-23(2)10-11-24(3)20(26)18-17-8-9-22(29-17)14-25(21(27)19(18)22)13-15-6-5-7-16(12-15)28-4/h5-9,12,17-19H,10-11,13-14H2,1-4H3/t17-,18+,19-,22-/m0/s1. The Bertz CT molecular complexity index is 839. The van der Waals surface area contributed by atoms with E-state index in [1.165, 1.54) is 0 Å². The molecule has 156 valence electrons. The Morgan fingerprint density at radius 3 is 2.83 bits per heavy atom. The Morgan fingerprint density at radius 2 is 2.10 bits per heavy atom. The molecule has 0 aromatic heterocycles. The molecule has 1 aromatic rings. The lowest BCUT2D eigenvalue weighted by molar-refractivity contribution is -0.142. The van der Waals surface area contributed by atoms with Crippen LogP contribution in [0, 0.1) is 11.8 Å². The Kier molecular flexibility index (Phi) is 5.12. The van der Waals surface area contributed by atoms with E-state index >= 15 is 0 Å². The van der Waals surface area contributed by atoms with Gasteiger partial charge in [-0.2, -0.15) is 0 Å². The summed E-state index contributed by atoms with van der Waals surface area (Å²) in [6, 6.07) is 7.72. The highest BCUT2D eigenvalue weighted by Gasteiger charge is 2.67. The molecule has 29 heavy (non-hydrogen) atoms. The highest BCUT2D eigenvalue weighted by molar-refractivity contribution is 5.93. The summed E-state index contributed by atoms with van der Waals surface area (Å²) in [7, 11) is 7.40. The molecule has 7 heteroatoms.